The van der Waals surface area contributed by atoms with Crippen LogP contribution in [0.2, 0.25) is 0 Å². The van der Waals surface area contributed by atoms with Crippen molar-refractivity contribution in [1.82, 2.24) is 8.87 Å². The molecule has 1 aromatic heterocycles. The summed E-state index contributed by atoms with van der Waals surface area (Å²) in [5, 5.41) is 0. The summed E-state index contributed by atoms with van der Waals surface area (Å²) in [5.41, 5.74) is 5.89. The number of rotatable bonds is 9. The molecule has 208 valence electrons. The fraction of sp³-hybridized carbons (Fsp3) is 0.400. The van der Waals surface area contributed by atoms with Crippen LogP contribution in [-0.2, 0) is 33.1 Å². The lowest BCUT2D eigenvalue weighted by Crippen LogP contribution is -2.36. The number of nitrogens with zero attached hydrogens (tertiary/aromatic N) is 2. The van der Waals surface area contributed by atoms with Crippen molar-refractivity contribution in [3.05, 3.63) is 81.7 Å². The van der Waals surface area contributed by atoms with Crippen molar-refractivity contribution in [2.45, 2.75) is 64.5 Å². The van der Waals surface area contributed by atoms with Crippen LogP contribution in [0.3, 0.4) is 0 Å². The van der Waals surface area contributed by atoms with Gasteiger partial charge in [0.15, 0.2) is 5.78 Å². The molecule has 1 unspecified atom stereocenters. The van der Waals surface area contributed by atoms with Gasteiger partial charge < -0.3 is 14.0 Å². The van der Waals surface area contributed by atoms with E-state index in [1.54, 1.807) is 31.2 Å². The molecule has 2 atom stereocenters. The molecule has 39 heavy (non-hydrogen) atoms. The number of benzene rings is 2. The van der Waals surface area contributed by atoms with E-state index in [-0.39, 0.29) is 42.4 Å². The summed E-state index contributed by atoms with van der Waals surface area (Å²) in [6.45, 7) is 10.2. The van der Waals surface area contributed by atoms with Crippen molar-refractivity contribution in [2.24, 2.45) is 7.05 Å². The third kappa shape index (κ3) is 5.38. The standard InChI is InChI=1S/C30H36N2O6S/c1-7-25-16-32(39(35,36)28-11-9-8-10-27(28)38-25)15-24-14-23(13-12-19(24)2)26(17-37-18-33)30-20(3)29(22(5)34)21(4)31(30)6/h8-14,18,25-26H,7,15-17H2,1-6H3/t25-,26?/m1/s1. The number of sulfonamides is 1. The highest BCUT2D eigenvalue weighted by atomic mass is 32.2. The van der Waals surface area contributed by atoms with Crippen LogP contribution < -0.4 is 4.74 Å². The van der Waals surface area contributed by atoms with Crippen molar-refractivity contribution in [3.63, 3.8) is 0 Å². The summed E-state index contributed by atoms with van der Waals surface area (Å²) in [4.78, 5) is 23.8. The predicted molar refractivity (Wildman–Crippen MR) is 149 cm³/mol. The van der Waals surface area contributed by atoms with Gasteiger partial charge in [-0.2, -0.15) is 4.31 Å². The van der Waals surface area contributed by atoms with Gasteiger partial charge in [-0.15, -0.1) is 0 Å². The Morgan fingerprint density at radius 3 is 2.54 bits per heavy atom. The number of ketones is 1. The second-order valence-corrected chi connectivity index (χ2v) is 12.1. The molecule has 0 aliphatic carbocycles. The number of hydrogen-bond donors (Lipinski definition) is 0. The first-order valence-electron chi connectivity index (χ1n) is 13.1. The minimum Gasteiger partial charge on any atom is -0.488 e. The van der Waals surface area contributed by atoms with Crippen LogP contribution in [0.5, 0.6) is 5.75 Å². The van der Waals surface area contributed by atoms with Gasteiger partial charge in [0.2, 0.25) is 10.0 Å². The first-order chi connectivity index (χ1) is 18.5. The summed E-state index contributed by atoms with van der Waals surface area (Å²) in [5.74, 6) is 0.00427. The van der Waals surface area contributed by atoms with Crippen molar-refractivity contribution in [3.8, 4) is 5.75 Å². The molecule has 0 spiro atoms. The van der Waals surface area contributed by atoms with E-state index in [0.29, 0.717) is 24.2 Å². The Kier molecular flexibility index (Phi) is 8.32. The lowest BCUT2D eigenvalue weighted by molar-refractivity contribution is -0.129. The molecule has 0 amide bonds. The van der Waals surface area contributed by atoms with Crippen molar-refractivity contribution < 1.29 is 27.5 Å². The van der Waals surface area contributed by atoms with Gasteiger partial charge in [0, 0.05) is 30.5 Å². The van der Waals surface area contributed by atoms with Gasteiger partial charge in [0.1, 0.15) is 23.4 Å². The highest BCUT2D eigenvalue weighted by molar-refractivity contribution is 7.89. The molecule has 4 rings (SSSR count). The van der Waals surface area contributed by atoms with E-state index in [0.717, 1.165) is 33.6 Å². The minimum absolute atomic E-state index is 0.0224. The lowest BCUT2D eigenvalue weighted by atomic mass is 9.90. The molecule has 0 bridgehead atoms. The van der Waals surface area contributed by atoms with E-state index in [1.165, 1.54) is 4.31 Å². The van der Waals surface area contributed by atoms with Crippen LogP contribution in [0, 0.1) is 20.8 Å². The number of hydrogen-bond acceptors (Lipinski definition) is 6. The van der Waals surface area contributed by atoms with Crippen molar-refractivity contribution in [2.75, 3.05) is 13.2 Å². The third-order valence-corrected chi connectivity index (χ3v) is 9.60. The largest absolute Gasteiger partial charge is 0.488 e. The van der Waals surface area contributed by atoms with Crippen LogP contribution in [0.25, 0.3) is 0 Å². The summed E-state index contributed by atoms with van der Waals surface area (Å²) < 4.78 is 42.2. The van der Waals surface area contributed by atoms with Gasteiger partial charge in [0.25, 0.3) is 6.47 Å². The predicted octanol–water partition coefficient (Wildman–Crippen LogP) is 4.82. The summed E-state index contributed by atoms with van der Waals surface area (Å²) in [6, 6.07) is 12.7. The van der Waals surface area contributed by atoms with E-state index in [4.69, 9.17) is 9.47 Å². The maximum atomic E-state index is 13.7. The summed E-state index contributed by atoms with van der Waals surface area (Å²) >= 11 is 0. The summed E-state index contributed by atoms with van der Waals surface area (Å²) in [7, 11) is -1.90. The fourth-order valence-electron chi connectivity index (χ4n) is 5.55. The highest BCUT2D eigenvalue weighted by Gasteiger charge is 2.34. The molecular weight excluding hydrogens is 516 g/mol. The monoisotopic (exact) mass is 552 g/mol. The molecule has 0 saturated heterocycles. The molecular formula is C30H36N2O6S. The Morgan fingerprint density at radius 2 is 1.90 bits per heavy atom. The first kappa shape index (κ1) is 28.6. The first-order valence-corrected chi connectivity index (χ1v) is 14.5. The van der Waals surface area contributed by atoms with Crippen LogP contribution in [0.1, 0.15) is 70.2 Å². The molecule has 9 heteroatoms. The Balaban J connectivity index is 1.79. The van der Waals surface area contributed by atoms with E-state index in [1.807, 2.05) is 57.5 Å². The van der Waals surface area contributed by atoms with Gasteiger partial charge in [-0.3, -0.25) is 9.59 Å². The topological polar surface area (TPSA) is 94.9 Å². The number of ether oxygens (including phenoxy) is 2. The zero-order chi connectivity index (χ0) is 28.5. The van der Waals surface area contributed by atoms with Gasteiger partial charge in [-0.05, 0) is 68.5 Å². The average molecular weight is 553 g/mol. The molecule has 2 aromatic carbocycles. The van der Waals surface area contributed by atoms with Crippen LogP contribution in [0.4, 0.5) is 0 Å². The zero-order valence-electron chi connectivity index (χ0n) is 23.4. The lowest BCUT2D eigenvalue weighted by Gasteiger charge is -2.25. The molecule has 1 aliphatic heterocycles. The number of aryl methyl sites for hydroxylation is 1. The number of aromatic nitrogens is 1. The molecule has 8 nitrogen and oxygen atoms in total. The number of carbonyl (C=O) groups is 2. The van der Waals surface area contributed by atoms with E-state index < -0.39 is 10.0 Å². The molecule has 1 aliphatic rings. The van der Waals surface area contributed by atoms with Gasteiger partial charge in [-0.25, -0.2) is 8.42 Å². The Hall–Kier alpha value is -3.43. The quantitative estimate of drug-likeness (QED) is 0.279. The minimum atomic E-state index is -3.81. The van der Waals surface area contributed by atoms with Gasteiger partial charge in [0.05, 0.1) is 12.5 Å². The maximum absolute atomic E-state index is 13.7. The Morgan fingerprint density at radius 1 is 1.18 bits per heavy atom. The van der Waals surface area contributed by atoms with Gasteiger partial charge >= 0.3 is 0 Å². The van der Waals surface area contributed by atoms with E-state index in [9.17, 15) is 18.0 Å². The third-order valence-electron chi connectivity index (χ3n) is 7.74. The Labute approximate surface area is 230 Å². The van der Waals surface area contributed by atoms with Gasteiger partial charge in [-0.1, -0.05) is 37.3 Å². The maximum Gasteiger partial charge on any atom is 0.293 e. The molecule has 3 aromatic rings. The SMILES string of the molecule is CC[C@@H]1CN(Cc2cc(C(COC=O)c3c(C)c(C(C)=O)c(C)n3C)ccc2C)S(=O)(=O)c2ccccc2O1. The molecule has 0 N–H and O–H groups in total. The van der Waals surface area contributed by atoms with E-state index in [2.05, 4.69) is 0 Å². The number of para-hydroxylation sites is 1. The Bertz CT molecular complexity index is 1510. The second kappa shape index (κ2) is 11.4. The zero-order valence-corrected chi connectivity index (χ0v) is 24.2. The molecule has 2 heterocycles. The normalized spacial score (nSPS) is 17.5. The summed E-state index contributed by atoms with van der Waals surface area (Å²) in [6.07, 6.45) is 0.384. The van der Waals surface area contributed by atoms with Crippen molar-refractivity contribution in [1.29, 1.82) is 0 Å². The average Bonchev–Trinajstić information content (AvgIpc) is 3.05. The number of carbonyl (C=O) groups excluding carboxylic acids is 2. The smallest absolute Gasteiger partial charge is 0.293 e. The molecule has 0 saturated carbocycles. The van der Waals surface area contributed by atoms with Crippen molar-refractivity contribution >= 4 is 22.3 Å². The van der Waals surface area contributed by atoms with Crippen LogP contribution in [-0.4, -0.2) is 48.8 Å². The van der Waals surface area contributed by atoms with Crippen LogP contribution >= 0.6 is 0 Å². The number of Topliss-reactive ketones (excluding diaryl/α,β-unsaturated/α-hetero) is 1. The van der Waals surface area contributed by atoms with Crippen LogP contribution in [0.15, 0.2) is 47.4 Å². The highest BCUT2D eigenvalue weighted by Crippen LogP contribution is 2.36. The second-order valence-electron chi connectivity index (χ2n) is 10.1. The molecule has 0 radical (unpaired) electrons. The number of fused-ring (bicyclic) bond motifs is 1. The molecule has 0 fully saturated rings. The fourth-order valence-corrected chi connectivity index (χ4v) is 7.12. The van der Waals surface area contributed by atoms with E-state index >= 15 is 0 Å².